The highest BCUT2D eigenvalue weighted by atomic mass is 35.5. The summed E-state index contributed by atoms with van der Waals surface area (Å²) >= 11 is 6.90. The molecule has 1 aliphatic heterocycles. The Kier molecular flexibility index (Phi) is 6.13. The Balaban J connectivity index is 1.67. The van der Waals surface area contributed by atoms with Crippen LogP contribution in [-0.4, -0.2) is 27.7 Å². The van der Waals surface area contributed by atoms with Gasteiger partial charge in [-0.25, -0.2) is 4.39 Å². The third-order valence-electron chi connectivity index (χ3n) is 5.33. The molecule has 2 heterocycles. The van der Waals surface area contributed by atoms with Gasteiger partial charge in [0.2, 0.25) is 0 Å². The molecule has 164 valence electrons. The lowest BCUT2D eigenvalue weighted by atomic mass is 10.2. The second kappa shape index (κ2) is 8.84. The maximum Gasteiger partial charge on any atom is 0.293 e. The van der Waals surface area contributed by atoms with Crippen LogP contribution in [-0.2, 0) is 11.3 Å². The van der Waals surface area contributed by atoms with Crippen molar-refractivity contribution in [3.8, 4) is 11.4 Å². The van der Waals surface area contributed by atoms with Crippen molar-refractivity contribution in [2.45, 2.75) is 20.4 Å². The van der Waals surface area contributed by atoms with Crippen LogP contribution in [0.4, 0.5) is 9.18 Å². The summed E-state index contributed by atoms with van der Waals surface area (Å²) in [5.41, 5.74) is 3.66. The van der Waals surface area contributed by atoms with Gasteiger partial charge in [-0.15, -0.1) is 0 Å². The molecule has 0 bridgehead atoms. The zero-order valence-corrected chi connectivity index (χ0v) is 19.3. The Bertz CT molecular complexity index is 1250. The number of rotatable bonds is 5. The van der Waals surface area contributed by atoms with Gasteiger partial charge >= 0.3 is 0 Å². The predicted molar refractivity (Wildman–Crippen MR) is 125 cm³/mol. The average Bonchev–Trinajstić information content (AvgIpc) is 3.19. The molecule has 0 radical (unpaired) electrons. The Morgan fingerprint density at radius 1 is 1.12 bits per heavy atom. The van der Waals surface area contributed by atoms with Gasteiger partial charge in [0.1, 0.15) is 11.6 Å². The van der Waals surface area contributed by atoms with Crippen LogP contribution in [0, 0.1) is 19.7 Å². The summed E-state index contributed by atoms with van der Waals surface area (Å²) in [7, 11) is 1.62. The summed E-state index contributed by atoms with van der Waals surface area (Å²) in [6, 6.07) is 13.9. The molecule has 1 fully saturated rings. The second-order valence-electron chi connectivity index (χ2n) is 7.30. The molecule has 0 aliphatic carbocycles. The molecule has 2 amide bonds. The number of thioether (sulfide) groups is 1. The topological polar surface area (TPSA) is 51.5 Å². The number of hydrogen-bond donors (Lipinski definition) is 0. The minimum absolute atomic E-state index is 0.118. The summed E-state index contributed by atoms with van der Waals surface area (Å²) in [5.74, 6) is -0.301. The normalized spacial score (nSPS) is 15.2. The number of hydrogen-bond acceptors (Lipinski definition) is 4. The summed E-state index contributed by atoms with van der Waals surface area (Å²) in [6.07, 6.45) is 1.70. The number of carbonyl (C=O) groups is 2. The molecule has 4 rings (SSSR count). The van der Waals surface area contributed by atoms with Crippen LogP contribution in [0.5, 0.6) is 5.75 Å². The van der Waals surface area contributed by atoms with E-state index in [2.05, 4.69) is 0 Å². The SMILES string of the molecule is COc1ccccc1-n1c(C)cc(/C=C2\SC(=O)N(Cc3c(F)cccc3Cl)C2=O)c1C. The van der Waals surface area contributed by atoms with Gasteiger partial charge in [-0.3, -0.25) is 14.5 Å². The van der Waals surface area contributed by atoms with Crippen LogP contribution in [0.2, 0.25) is 5.02 Å². The van der Waals surface area contributed by atoms with Gasteiger partial charge in [-0.1, -0.05) is 29.8 Å². The first-order valence-electron chi connectivity index (χ1n) is 9.82. The fourth-order valence-electron chi connectivity index (χ4n) is 3.74. The van der Waals surface area contributed by atoms with Crippen molar-refractivity contribution < 1.29 is 18.7 Å². The van der Waals surface area contributed by atoms with E-state index in [0.717, 1.165) is 45.1 Å². The molecule has 1 aromatic heterocycles. The second-order valence-corrected chi connectivity index (χ2v) is 8.70. The smallest absolute Gasteiger partial charge is 0.293 e. The van der Waals surface area contributed by atoms with Gasteiger partial charge < -0.3 is 9.30 Å². The fraction of sp³-hybridized carbons (Fsp3) is 0.167. The van der Waals surface area contributed by atoms with Crippen molar-refractivity contribution in [3.63, 3.8) is 0 Å². The fourth-order valence-corrected chi connectivity index (χ4v) is 4.79. The monoisotopic (exact) mass is 470 g/mol. The predicted octanol–water partition coefficient (Wildman–Crippen LogP) is 6.13. The quantitative estimate of drug-likeness (QED) is 0.421. The van der Waals surface area contributed by atoms with E-state index in [9.17, 15) is 14.0 Å². The van der Waals surface area contributed by atoms with E-state index in [0.29, 0.717) is 0 Å². The van der Waals surface area contributed by atoms with Gasteiger partial charge in [0, 0.05) is 22.0 Å². The van der Waals surface area contributed by atoms with E-state index in [1.807, 2.05) is 48.7 Å². The van der Waals surface area contributed by atoms with Gasteiger partial charge in [0.15, 0.2) is 0 Å². The maximum absolute atomic E-state index is 14.2. The van der Waals surface area contributed by atoms with Gasteiger partial charge in [0.05, 0.1) is 24.2 Å². The number of aryl methyl sites for hydroxylation is 1. The van der Waals surface area contributed by atoms with Crippen LogP contribution in [0.25, 0.3) is 11.8 Å². The van der Waals surface area contributed by atoms with Crippen molar-refractivity contribution in [3.05, 3.63) is 86.8 Å². The highest BCUT2D eigenvalue weighted by Crippen LogP contribution is 2.36. The number of carbonyl (C=O) groups excluding carboxylic acids is 2. The lowest BCUT2D eigenvalue weighted by Crippen LogP contribution is -2.28. The Morgan fingerprint density at radius 3 is 2.59 bits per heavy atom. The average molecular weight is 471 g/mol. The first-order valence-corrected chi connectivity index (χ1v) is 11.0. The zero-order valence-electron chi connectivity index (χ0n) is 17.7. The number of aromatic nitrogens is 1. The molecule has 0 spiro atoms. The molecule has 8 heteroatoms. The number of benzene rings is 2. The van der Waals surface area contributed by atoms with Crippen molar-refractivity contribution in [1.82, 2.24) is 9.47 Å². The van der Waals surface area contributed by atoms with E-state index in [1.54, 1.807) is 13.2 Å². The summed E-state index contributed by atoms with van der Waals surface area (Å²) in [4.78, 5) is 26.8. The number of ether oxygens (including phenoxy) is 1. The molecule has 0 N–H and O–H groups in total. The highest BCUT2D eigenvalue weighted by molar-refractivity contribution is 8.18. The van der Waals surface area contributed by atoms with Gasteiger partial charge in [0.25, 0.3) is 11.1 Å². The molecule has 0 unspecified atom stereocenters. The van der Waals surface area contributed by atoms with Crippen LogP contribution >= 0.6 is 23.4 Å². The largest absolute Gasteiger partial charge is 0.495 e. The van der Waals surface area contributed by atoms with Gasteiger partial charge in [-0.05, 0) is 67.6 Å². The standard InChI is InChI=1S/C24H20ClFN2O3S/c1-14-11-16(15(2)28(14)20-9-4-5-10-21(20)31-3)12-22-23(29)27(24(30)32-22)13-17-18(25)7-6-8-19(17)26/h4-12H,13H2,1-3H3/b22-12-. The third kappa shape index (κ3) is 3.94. The number of methoxy groups -OCH3 is 1. The lowest BCUT2D eigenvalue weighted by molar-refractivity contribution is -0.123. The molecular weight excluding hydrogens is 451 g/mol. The van der Waals surface area contributed by atoms with Crippen molar-refractivity contribution in [1.29, 1.82) is 0 Å². The number of nitrogens with zero attached hydrogens (tertiary/aromatic N) is 2. The molecule has 0 atom stereocenters. The summed E-state index contributed by atoms with van der Waals surface area (Å²) in [6.45, 7) is 3.69. The molecule has 1 saturated heterocycles. The van der Waals surface area contributed by atoms with Crippen molar-refractivity contribution >= 4 is 40.6 Å². The summed E-state index contributed by atoms with van der Waals surface area (Å²) in [5, 5.41) is -0.285. The summed E-state index contributed by atoms with van der Waals surface area (Å²) < 4.78 is 21.7. The van der Waals surface area contributed by atoms with Gasteiger partial charge in [-0.2, -0.15) is 0 Å². The van der Waals surface area contributed by atoms with Crippen LogP contribution in [0.15, 0.2) is 53.4 Å². The third-order valence-corrected chi connectivity index (χ3v) is 6.60. The van der Waals surface area contributed by atoms with Crippen LogP contribution < -0.4 is 4.74 Å². The van der Waals surface area contributed by atoms with Crippen molar-refractivity contribution in [2.75, 3.05) is 7.11 Å². The molecule has 2 aromatic carbocycles. The zero-order chi connectivity index (χ0) is 23.0. The minimum atomic E-state index is -0.555. The Labute approximate surface area is 194 Å². The molecule has 32 heavy (non-hydrogen) atoms. The van der Waals surface area contributed by atoms with Crippen LogP contribution in [0.1, 0.15) is 22.5 Å². The number of amides is 2. The molecule has 1 aliphatic rings. The molecule has 5 nitrogen and oxygen atoms in total. The van der Waals surface area contributed by atoms with E-state index >= 15 is 0 Å². The minimum Gasteiger partial charge on any atom is -0.495 e. The maximum atomic E-state index is 14.2. The number of imide groups is 1. The number of halogens is 2. The van der Waals surface area contributed by atoms with E-state index < -0.39 is 17.0 Å². The molecular formula is C24H20ClFN2O3S. The van der Waals surface area contributed by atoms with E-state index in [-0.39, 0.29) is 22.0 Å². The van der Waals surface area contributed by atoms with E-state index in [4.69, 9.17) is 16.3 Å². The first-order chi connectivity index (χ1) is 15.3. The highest BCUT2D eigenvalue weighted by Gasteiger charge is 2.36. The molecule has 0 saturated carbocycles. The van der Waals surface area contributed by atoms with Crippen LogP contribution in [0.3, 0.4) is 0 Å². The molecule has 3 aromatic rings. The first kappa shape index (κ1) is 22.2. The Hall–Kier alpha value is -3.03. The van der Waals surface area contributed by atoms with Crippen molar-refractivity contribution in [2.24, 2.45) is 0 Å². The Morgan fingerprint density at radius 2 is 1.88 bits per heavy atom. The number of para-hydroxylation sites is 2. The van der Waals surface area contributed by atoms with E-state index in [1.165, 1.54) is 18.2 Å². The lowest BCUT2D eigenvalue weighted by Gasteiger charge is -2.14.